The van der Waals surface area contributed by atoms with E-state index in [1.165, 1.54) is 0 Å². The predicted octanol–water partition coefficient (Wildman–Crippen LogP) is 2.10. The molecule has 88 valence electrons. The van der Waals surface area contributed by atoms with E-state index in [-0.39, 0.29) is 12.1 Å². The number of likely N-dealkylation sites (N-methyl/N-ethyl adjacent to an activating group) is 1. The molecule has 1 atom stereocenters. The van der Waals surface area contributed by atoms with Crippen molar-refractivity contribution in [1.29, 1.82) is 0 Å². The number of hydrogen-bond acceptors (Lipinski definition) is 2. The molecule has 0 aromatic rings. The Bertz CT molecular complexity index is 222. The van der Waals surface area contributed by atoms with Crippen LogP contribution < -0.4 is 0 Å². The highest BCUT2D eigenvalue weighted by molar-refractivity contribution is 5.92. The third kappa shape index (κ3) is 3.67. The van der Waals surface area contributed by atoms with Crippen LogP contribution in [0.15, 0.2) is 12.2 Å². The highest BCUT2D eigenvalue weighted by Crippen LogP contribution is 2.08. The van der Waals surface area contributed by atoms with Gasteiger partial charge in [-0.3, -0.25) is 9.69 Å². The van der Waals surface area contributed by atoms with Crippen molar-refractivity contribution in [2.75, 3.05) is 19.6 Å². The van der Waals surface area contributed by atoms with E-state index in [4.69, 9.17) is 0 Å². The fourth-order valence-corrected chi connectivity index (χ4v) is 1.77. The van der Waals surface area contributed by atoms with Crippen molar-refractivity contribution in [2.24, 2.45) is 0 Å². The van der Waals surface area contributed by atoms with Crippen LogP contribution in [0.5, 0.6) is 0 Å². The standard InChI is InChI=1S/C12H24N2O/c1-7-13(8-2)11(6)14(9-3)12(15)10(4)5/h11H,4,7-9H2,1-3,5-6H3. The third-order valence-corrected chi connectivity index (χ3v) is 2.76. The molecule has 1 amide bonds. The van der Waals surface area contributed by atoms with E-state index >= 15 is 0 Å². The molecule has 0 rings (SSSR count). The number of carbonyl (C=O) groups excluding carboxylic acids is 1. The van der Waals surface area contributed by atoms with Crippen molar-refractivity contribution in [3.63, 3.8) is 0 Å². The van der Waals surface area contributed by atoms with Gasteiger partial charge >= 0.3 is 0 Å². The summed E-state index contributed by atoms with van der Waals surface area (Å²) in [6.45, 7) is 16.4. The second kappa shape index (κ2) is 6.62. The molecule has 0 aromatic carbocycles. The van der Waals surface area contributed by atoms with E-state index < -0.39 is 0 Å². The van der Waals surface area contributed by atoms with Gasteiger partial charge in [-0.1, -0.05) is 20.4 Å². The van der Waals surface area contributed by atoms with E-state index in [1.54, 1.807) is 6.92 Å². The van der Waals surface area contributed by atoms with Crippen molar-refractivity contribution in [3.05, 3.63) is 12.2 Å². The van der Waals surface area contributed by atoms with E-state index in [0.29, 0.717) is 5.57 Å². The lowest BCUT2D eigenvalue weighted by molar-refractivity contribution is -0.132. The van der Waals surface area contributed by atoms with Crippen LogP contribution in [0.2, 0.25) is 0 Å². The molecular weight excluding hydrogens is 188 g/mol. The van der Waals surface area contributed by atoms with Gasteiger partial charge in [0.2, 0.25) is 5.91 Å². The van der Waals surface area contributed by atoms with Gasteiger partial charge in [-0.15, -0.1) is 0 Å². The molecule has 0 aliphatic rings. The Morgan fingerprint density at radius 3 is 1.93 bits per heavy atom. The average Bonchev–Trinajstić information content (AvgIpc) is 2.20. The maximum atomic E-state index is 11.9. The molecule has 15 heavy (non-hydrogen) atoms. The van der Waals surface area contributed by atoms with E-state index in [9.17, 15) is 4.79 Å². The van der Waals surface area contributed by atoms with Crippen LogP contribution in [0, 0.1) is 0 Å². The Morgan fingerprint density at radius 1 is 1.20 bits per heavy atom. The molecule has 0 fully saturated rings. The molecule has 0 N–H and O–H groups in total. The van der Waals surface area contributed by atoms with Crippen LogP contribution in [0.25, 0.3) is 0 Å². The molecule has 3 heteroatoms. The van der Waals surface area contributed by atoms with Gasteiger partial charge in [0.05, 0.1) is 6.17 Å². The summed E-state index contributed by atoms with van der Waals surface area (Å²) >= 11 is 0. The minimum atomic E-state index is 0.0527. The summed E-state index contributed by atoms with van der Waals surface area (Å²) < 4.78 is 0. The van der Waals surface area contributed by atoms with Gasteiger partial charge in [0.15, 0.2) is 0 Å². The molecule has 0 aliphatic carbocycles. The molecule has 0 spiro atoms. The van der Waals surface area contributed by atoms with Gasteiger partial charge in [-0.25, -0.2) is 0 Å². The SMILES string of the molecule is C=C(C)C(=O)N(CC)C(C)N(CC)CC. The number of amides is 1. The topological polar surface area (TPSA) is 23.6 Å². The number of hydrogen-bond donors (Lipinski definition) is 0. The highest BCUT2D eigenvalue weighted by atomic mass is 16.2. The quantitative estimate of drug-likeness (QED) is 0.497. The van der Waals surface area contributed by atoms with Gasteiger partial charge in [0, 0.05) is 12.1 Å². The fourth-order valence-electron chi connectivity index (χ4n) is 1.77. The second-order valence-electron chi connectivity index (χ2n) is 3.72. The van der Waals surface area contributed by atoms with Crippen molar-refractivity contribution in [1.82, 2.24) is 9.80 Å². The minimum Gasteiger partial charge on any atom is -0.324 e. The Balaban J connectivity index is 4.65. The van der Waals surface area contributed by atoms with Crippen molar-refractivity contribution >= 4 is 5.91 Å². The van der Waals surface area contributed by atoms with Gasteiger partial charge in [0.1, 0.15) is 0 Å². The van der Waals surface area contributed by atoms with Crippen molar-refractivity contribution in [3.8, 4) is 0 Å². The first-order valence-corrected chi connectivity index (χ1v) is 5.70. The van der Waals surface area contributed by atoms with Crippen LogP contribution in [0.3, 0.4) is 0 Å². The molecule has 0 radical (unpaired) electrons. The van der Waals surface area contributed by atoms with E-state index in [1.807, 2.05) is 11.8 Å². The molecule has 0 aromatic heterocycles. The fraction of sp³-hybridized carbons (Fsp3) is 0.750. The number of nitrogens with zero attached hydrogens (tertiary/aromatic N) is 2. The van der Waals surface area contributed by atoms with Crippen LogP contribution >= 0.6 is 0 Å². The summed E-state index contributed by atoms with van der Waals surface area (Å²) in [4.78, 5) is 16.0. The minimum absolute atomic E-state index is 0.0527. The summed E-state index contributed by atoms with van der Waals surface area (Å²) in [6.07, 6.45) is 0.147. The van der Waals surface area contributed by atoms with Crippen molar-refractivity contribution in [2.45, 2.75) is 40.8 Å². The Kier molecular flexibility index (Phi) is 6.25. The largest absolute Gasteiger partial charge is 0.324 e. The van der Waals surface area contributed by atoms with Gasteiger partial charge in [-0.2, -0.15) is 0 Å². The maximum Gasteiger partial charge on any atom is 0.250 e. The Labute approximate surface area is 93.7 Å². The third-order valence-electron chi connectivity index (χ3n) is 2.76. The van der Waals surface area contributed by atoms with Gasteiger partial charge in [-0.05, 0) is 33.9 Å². The molecule has 0 saturated carbocycles. The lowest BCUT2D eigenvalue weighted by Gasteiger charge is -2.36. The van der Waals surface area contributed by atoms with Crippen LogP contribution in [-0.2, 0) is 4.79 Å². The first-order valence-electron chi connectivity index (χ1n) is 5.70. The molecular formula is C12H24N2O. The van der Waals surface area contributed by atoms with Crippen molar-refractivity contribution < 1.29 is 4.79 Å². The average molecular weight is 212 g/mol. The summed E-state index contributed by atoms with van der Waals surface area (Å²) in [5.41, 5.74) is 0.607. The monoisotopic (exact) mass is 212 g/mol. The van der Waals surface area contributed by atoms with Gasteiger partial charge < -0.3 is 4.90 Å². The Morgan fingerprint density at radius 2 is 1.67 bits per heavy atom. The van der Waals surface area contributed by atoms with Crippen LogP contribution in [0.4, 0.5) is 0 Å². The molecule has 1 unspecified atom stereocenters. The zero-order chi connectivity index (χ0) is 12.0. The normalized spacial score (nSPS) is 12.7. The zero-order valence-electron chi connectivity index (χ0n) is 10.7. The second-order valence-corrected chi connectivity index (χ2v) is 3.72. The first-order chi connectivity index (χ1) is 6.99. The van der Waals surface area contributed by atoms with Gasteiger partial charge in [0.25, 0.3) is 0 Å². The molecule has 0 heterocycles. The summed E-state index contributed by atoms with van der Waals surface area (Å²) in [5.74, 6) is 0.0527. The lowest BCUT2D eigenvalue weighted by atomic mass is 10.2. The lowest BCUT2D eigenvalue weighted by Crippen LogP contribution is -2.49. The van der Waals surface area contributed by atoms with Crippen LogP contribution in [0.1, 0.15) is 34.6 Å². The predicted molar refractivity (Wildman–Crippen MR) is 64.6 cm³/mol. The molecule has 0 saturated heterocycles. The number of rotatable bonds is 6. The summed E-state index contributed by atoms with van der Waals surface area (Å²) in [5, 5.41) is 0. The van der Waals surface area contributed by atoms with Crippen LogP contribution in [-0.4, -0.2) is 41.5 Å². The molecule has 0 bridgehead atoms. The smallest absolute Gasteiger partial charge is 0.250 e. The van der Waals surface area contributed by atoms with E-state index in [0.717, 1.165) is 19.6 Å². The first kappa shape index (κ1) is 14.2. The van der Waals surface area contributed by atoms with E-state index in [2.05, 4.69) is 32.3 Å². The summed E-state index contributed by atoms with van der Waals surface area (Å²) in [6, 6.07) is 0. The molecule has 3 nitrogen and oxygen atoms in total. The molecule has 0 aliphatic heterocycles. The maximum absolute atomic E-state index is 11.9. The summed E-state index contributed by atoms with van der Waals surface area (Å²) in [7, 11) is 0. The Hall–Kier alpha value is -0.830. The zero-order valence-corrected chi connectivity index (χ0v) is 10.7. The highest BCUT2D eigenvalue weighted by Gasteiger charge is 2.22. The number of carbonyl (C=O) groups is 1.